The predicted molar refractivity (Wildman–Crippen MR) is 96.0 cm³/mol. The summed E-state index contributed by atoms with van der Waals surface area (Å²) in [6, 6.07) is 2.03. The smallest absolute Gasteiger partial charge is 0.116 e. The molecule has 2 heterocycles. The van der Waals surface area contributed by atoms with Gasteiger partial charge in [-0.1, -0.05) is 27.7 Å². The topological polar surface area (TPSA) is 37.8 Å². The van der Waals surface area contributed by atoms with Crippen molar-refractivity contribution in [3.63, 3.8) is 0 Å². The molecule has 114 valence electrons. The Balaban J connectivity index is 2.41. The van der Waals surface area contributed by atoms with E-state index in [1.54, 1.807) is 11.3 Å². The molecule has 0 aromatic carbocycles. The normalized spacial score (nSPS) is 13.4. The van der Waals surface area contributed by atoms with Gasteiger partial charge in [-0.3, -0.25) is 4.98 Å². The maximum absolute atomic E-state index is 4.82. The van der Waals surface area contributed by atoms with E-state index in [1.807, 2.05) is 12.3 Å². The molecular formula is C15H19Br2N3S. The molecule has 1 unspecified atom stereocenters. The molecule has 21 heavy (non-hydrogen) atoms. The Kier molecular flexibility index (Phi) is 5.57. The van der Waals surface area contributed by atoms with Crippen molar-refractivity contribution in [2.45, 2.75) is 39.2 Å². The van der Waals surface area contributed by atoms with Crippen LogP contribution in [0.15, 0.2) is 26.6 Å². The second-order valence-corrected chi connectivity index (χ2v) is 8.49. The largest absolute Gasteiger partial charge is 0.303 e. The molecule has 0 saturated carbocycles. The van der Waals surface area contributed by atoms with Gasteiger partial charge in [0.15, 0.2) is 0 Å². The van der Waals surface area contributed by atoms with Crippen LogP contribution in [0.4, 0.5) is 0 Å². The lowest BCUT2D eigenvalue weighted by Gasteiger charge is -2.18. The number of rotatable bonds is 4. The van der Waals surface area contributed by atoms with E-state index in [9.17, 15) is 0 Å². The summed E-state index contributed by atoms with van der Waals surface area (Å²) in [7, 11) is 0. The van der Waals surface area contributed by atoms with E-state index in [4.69, 9.17) is 4.98 Å². The molecule has 2 aromatic rings. The van der Waals surface area contributed by atoms with Crippen LogP contribution in [-0.2, 0) is 5.41 Å². The molecule has 1 atom stereocenters. The zero-order valence-electron chi connectivity index (χ0n) is 12.6. The zero-order valence-corrected chi connectivity index (χ0v) is 16.6. The van der Waals surface area contributed by atoms with Gasteiger partial charge in [0.1, 0.15) is 11.0 Å². The SMILES string of the molecule is CCNC(c1nc(C(C)(C)C)cs1)c1ncc(Br)cc1Br. The molecule has 0 aliphatic heterocycles. The van der Waals surface area contributed by atoms with Crippen molar-refractivity contribution in [2.24, 2.45) is 0 Å². The van der Waals surface area contributed by atoms with Gasteiger partial charge in [-0.2, -0.15) is 0 Å². The quantitative estimate of drug-likeness (QED) is 0.733. The summed E-state index contributed by atoms with van der Waals surface area (Å²) in [6.07, 6.45) is 1.82. The van der Waals surface area contributed by atoms with Crippen LogP contribution in [0.25, 0.3) is 0 Å². The Morgan fingerprint density at radius 3 is 2.57 bits per heavy atom. The highest BCUT2D eigenvalue weighted by atomic mass is 79.9. The highest BCUT2D eigenvalue weighted by Crippen LogP contribution is 2.32. The van der Waals surface area contributed by atoms with Gasteiger partial charge in [0, 0.05) is 25.9 Å². The number of hydrogen-bond acceptors (Lipinski definition) is 4. The Bertz CT molecular complexity index is 620. The van der Waals surface area contributed by atoms with E-state index >= 15 is 0 Å². The van der Waals surface area contributed by atoms with Gasteiger partial charge >= 0.3 is 0 Å². The standard InChI is InChI=1S/C15H19Br2N3S/c1-5-18-13(12-10(17)6-9(16)7-19-12)14-20-11(8-21-14)15(2,3)4/h6-8,13,18H,5H2,1-4H3. The molecule has 1 N–H and O–H groups in total. The third-order valence-electron chi connectivity index (χ3n) is 3.06. The summed E-state index contributed by atoms with van der Waals surface area (Å²) >= 11 is 8.74. The number of aromatic nitrogens is 2. The van der Waals surface area contributed by atoms with Crippen molar-refractivity contribution in [3.8, 4) is 0 Å². The molecule has 0 radical (unpaired) electrons. The number of halogens is 2. The first-order valence-electron chi connectivity index (χ1n) is 6.83. The number of nitrogens with zero attached hydrogens (tertiary/aromatic N) is 2. The molecule has 0 aliphatic rings. The summed E-state index contributed by atoms with van der Waals surface area (Å²) in [5.74, 6) is 0. The van der Waals surface area contributed by atoms with E-state index in [-0.39, 0.29) is 11.5 Å². The van der Waals surface area contributed by atoms with Gasteiger partial charge < -0.3 is 5.32 Å². The molecule has 0 bridgehead atoms. The molecule has 0 saturated heterocycles. The lowest BCUT2D eigenvalue weighted by atomic mass is 9.93. The summed E-state index contributed by atoms with van der Waals surface area (Å²) < 4.78 is 1.94. The Morgan fingerprint density at radius 1 is 1.33 bits per heavy atom. The molecule has 2 rings (SSSR count). The lowest BCUT2D eigenvalue weighted by Crippen LogP contribution is -2.23. The minimum Gasteiger partial charge on any atom is -0.303 e. The van der Waals surface area contributed by atoms with E-state index in [0.29, 0.717) is 0 Å². The molecule has 6 heteroatoms. The third kappa shape index (κ3) is 4.12. The van der Waals surface area contributed by atoms with Gasteiger partial charge in [-0.15, -0.1) is 11.3 Å². The van der Waals surface area contributed by atoms with Gasteiger partial charge in [0.05, 0.1) is 11.4 Å². The van der Waals surface area contributed by atoms with Crippen LogP contribution < -0.4 is 5.32 Å². The van der Waals surface area contributed by atoms with Crippen molar-refractivity contribution in [2.75, 3.05) is 6.54 Å². The highest BCUT2D eigenvalue weighted by Gasteiger charge is 2.24. The molecule has 0 aliphatic carbocycles. The van der Waals surface area contributed by atoms with E-state index in [1.165, 1.54) is 0 Å². The molecule has 2 aromatic heterocycles. The first kappa shape index (κ1) is 17.1. The van der Waals surface area contributed by atoms with Crippen LogP contribution in [0.3, 0.4) is 0 Å². The van der Waals surface area contributed by atoms with Crippen molar-refractivity contribution >= 4 is 43.2 Å². The summed E-state index contributed by atoms with van der Waals surface area (Å²) in [4.78, 5) is 9.38. The second kappa shape index (κ2) is 6.86. The van der Waals surface area contributed by atoms with Gasteiger partial charge in [-0.05, 0) is 44.5 Å². The van der Waals surface area contributed by atoms with Gasteiger partial charge in [-0.25, -0.2) is 4.98 Å². The molecule has 3 nitrogen and oxygen atoms in total. The van der Waals surface area contributed by atoms with E-state index in [0.717, 1.165) is 31.9 Å². The number of thiazole rings is 1. The van der Waals surface area contributed by atoms with Crippen LogP contribution >= 0.6 is 43.2 Å². The Hall–Kier alpha value is -0.300. The predicted octanol–water partition coefficient (Wildman–Crippen LogP) is 5.06. The summed E-state index contributed by atoms with van der Waals surface area (Å²) in [5.41, 5.74) is 2.16. The lowest BCUT2D eigenvalue weighted by molar-refractivity contribution is 0.559. The minimum absolute atomic E-state index is 0.0126. The maximum Gasteiger partial charge on any atom is 0.116 e. The van der Waals surface area contributed by atoms with Crippen molar-refractivity contribution in [1.82, 2.24) is 15.3 Å². The fourth-order valence-electron chi connectivity index (χ4n) is 1.91. The van der Waals surface area contributed by atoms with Gasteiger partial charge in [0.2, 0.25) is 0 Å². The second-order valence-electron chi connectivity index (χ2n) is 5.83. The maximum atomic E-state index is 4.82. The minimum atomic E-state index is 0.0126. The average Bonchev–Trinajstić information content (AvgIpc) is 2.86. The molecule has 0 fully saturated rings. The monoisotopic (exact) mass is 431 g/mol. The van der Waals surface area contributed by atoms with Crippen molar-refractivity contribution in [1.29, 1.82) is 0 Å². The Labute approximate surface area is 146 Å². The van der Waals surface area contributed by atoms with Crippen LogP contribution in [0.5, 0.6) is 0 Å². The fourth-order valence-corrected chi connectivity index (χ4v) is 4.24. The summed E-state index contributed by atoms with van der Waals surface area (Å²) in [6.45, 7) is 9.50. The molecule has 0 amide bonds. The van der Waals surface area contributed by atoms with Crippen LogP contribution in [0, 0.1) is 0 Å². The number of pyridine rings is 1. The van der Waals surface area contributed by atoms with Crippen LogP contribution in [0.1, 0.15) is 50.1 Å². The zero-order chi connectivity index (χ0) is 15.6. The van der Waals surface area contributed by atoms with Crippen LogP contribution in [0.2, 0.25) is 0 Å². The molecule has 0 spiro atoms. The van der Waals surface area contributed by atoms with E-state index < -0.39 is 0 Å². The summed E-state index contributed by atoms with van der Waals surface area (Å²) in [5, 5.41) is 6.68. The van der Waals surface area contributed by atoms with Crippen molar-refractivity contribution in [3.05, 3.63) is 43.0 Å². The first-order valence-corrected chi connectivity index (χ1v) is 9.29. The fraction of sp³-hybridized carbons (Fsp3) is 0.467. The number of hydrogen-bond donors (Lipinski definition) is 1. The molecular weight excluding hydrogens is 414 g/mol. The highest BCUT2D eigenvalue weighted by molar-refractivity contribution is 9.11. The van der Waals surface area contributed by atoms with Gasteiger partial charge in [0.25, 0.3) is 0 Å². The third-order valence-corrected chi connectivity index (χ3v) is 5.03. The van der Waals surface area contributed by atoms with Crippen molar-refractivity contribution < 1.29 is 0 Å². The number of nitrogens with one attached hydrogen (secondary N) is 1. The van der Waals surface area contributed by atoms with Crippen LogP contribution in [-0.4, -0.2) is 16.5 Å². The Morgan fingerprint density at radius 2 is 2.05 bits per heavy atom. The first-order chi connectivity index (χ1) is 9.82. The average molecular weight is 433 g/mol. The van der Waals surface area contributed by atoms with E-state index in [2.05, 4.69) is 75.2 Å².